The van der Waals surface area contributed by atoms with Crippen LogP contribution in [0.25, 0.3) is 11.1 Å². The first-order chi connectivity index (χ1) is 7.85. The number of nitrogens with zero attached hydrogens (tertiary/aromatic N) is 1. The molecule has 0 aliphatic carbocycles. The van der Waals surface area contributed by atoms with Crippen molar-refractivity contribution in [1.82, 2.24) is 4.98 Å². The Morgan fingerprint density at radius 1 is 1.19 bits per heavy atom. The lowest BCUT2D eigenvalue weighted by Crippen LogP contribution is -1.97. The van der Waals surface area contributed by atoms with Gasteiger partial charge in [-0.05, 0) is 35.4 Å². The topological polar surface area (TPSA) is 48.1 Å². The molecule has 82 valence electrons. The van der Waals surface area contributed by atoms with Crippen molar-refractivity contribution < 1.29 is 4.74 Å². The van der Waals surface area contributed by atoms with E-state index < -0.39 is 0 Å². The summed E-state index contributed by atoms with van der Waals surface area (Å²) in [6.07, 6.45) is 3.54. The molecular formula is C13H14N2O. The van der Waals surface area contributed by atoms with E-state index >= 15 is 0 Å². The molecule has 3 heteroatoms. The maximum absolute atomic E-state index is 5.64. The zero-order valence-electron chi connectivity index (χ0n) is 9.18. The number of rotatable bonds is 3. The first kappa shape index (κ1) is 10.6. The van der Waals surface area contributed by atoms with Crippen molar-refractivity contribution in [3.63, 3.8) is 0 Å². The van der Waals surface area contributed by atoms with Crippen LogP contribution in [-0.4, -0.2) is 12.1 Å². The normalized spacial score (nSPS) is 10.1. The van der Waals surface area contributed by atoms with E-state index in [-0.39, 0.29) is 0 Å². The summed E-state index contributed by atoms with van der Waals surface area (Å²) in [6, 6.07) is 9.88. The first-order valence-corrected chi connectivity index (χ1v) is 5.12. The second-order valence-corrected chi connectivity index (χ2v) is 3.47. The summed E-state index contributed by atoms with van der Waals surface area (Å²) >= 11 is 0. The molecule has 0 radical (unpaired) electrons. The Kier molecular flexibility index (Phi) is 3.17. The van der Waals surface area contributed by atoms with Crippen LogP contribution in [0.3, 0.4) is 0 Å². The third-order valence-corrected chi connectivity index (χ3v) is 2.49. The first-order valence-electron chi connectivity index (χ1n) is 5.12. The van der Waals surface area contributed by atoms with E-state index in [4.69, 9.17) is 10.5 Å². The smallest absolute Gasteiger partial charge is 0.126 e. The van der Waals surface area contributed by atoms with Crippen molar-refractivity contribution >= 4 is 0 Å². The highest BCUT2D eigenvalue weighted by molar-refractivity contribution is 5.70. The van der Waals surface area contributed by atoms with Gasteiger partial charge in [-0.3, -0.25) is 4.98 Å². The van der Waals surface area contributed by atoms with Crippen molar-refractivity contribution in [2.24, 2.45) is 5.73 Å². The van der Waals surface area contributed by atoms with E-state index in [1.54, 1.807) is 19.5 Å². The van der Waals surface area contributed by atoms with Crippen LogP contribution in [0.1, 0.15) is 5.56 Å². The zero-order chi connectivity index (χ0) is 11.4. The Labute approximate surface area is 94.9 Å². The van der Waals surface area contributed by atoms with E-state index in [0.717, 1.165) is 22.4 Å². The monoisotopic (exact) mass is 214 g/mol. The molecule has 0 spiro atoms. The van der Waals surface area contributed by atoms with E-state index in [0.29, 0.717) is 6.54 Å². The summed E-state index contributed by atoms with van der Waals surface area (Å²) in [5, 5.41) is 0. The quantitative estimate of drug-likeness (QED) is 0.852. The van der Waals surface area contributed by atoms with Gasteiger partial charge in [-0.1, -0.05) is 6.07 Å². The Bertz CT molecular complexity index is 469. The number of nitrogens with two attached hydrogens (primary N) is 1. The maximum atomic E-state index is 5.64. The molecule has 1 aromatic heterocycles. The summed E-state index contributed by atoms with van der Waals surface area (Å²) in [4.78, 5) is 4.00. The predicted octanol–water partition coefficient (Wildman–Crippen LogP) is 2.22. The van der Waals surface area contributed by atoms with E-state index in [9.17, 15) is 0 Å². The maximum Gasteiger partial charge on any atom is 0.126 e. The average molecular weight is 214 g/mol. The summed E-state index contributed by atoms with van der Waals surface area (Å²) < 4.78 is 5.34. The summed E-state index contributed by atoms with van der Waals surface area (Å²) in [6.45, 7) is 0.530. The number of ether oxygens (including phenoxy) is 1. The lowest BCUT2D eigenvalue weighted by molar-refractivity contribution is 0.416. The van der Waals surface area contributed by atoms with Crippen LogP contribution in [-0.2, 0) is 6.54 Å². The van der Waals surface area contributed by atoms with E-state index in [2.05, 4.69) is 4.98 Å². The summed E-state index contributed by atoms with van der Waals surface area (Å²) in [5.41, 5.74) is 8.86. The van der Waals surface area contributed by atoms with Crippen molar-refractivity contribution in [1.29, 1.82) is 0 Å². The lowest BCUT2D eigenvalue weighted by Gasteiger charge is -2.10. The Hall–Kier alpha value is -1.87. The minimum Gasteiger partial charge on any atom is -0.496 e. The number of methoxy groups -OCH3 is 1. The molecule has 0 saturated heterocycles. The SMILES string of the molecule is COc1ccc(CN)cc1-c1ccncc1. The van der Waals surface area contributed by atoms with Crippen LogP contribution < -0.4 is 10.5 Å². The van der Waals surface area contributed by atoms with Crippen LogP contribution in [0.2, 0.25) is 0 Å². The molecule has 0 saturated carbocycles. The number of pyridine rings is 1. The number of aromatic nitrogens is 1. The van der Waals surface area contributed by atoms with Gasteiger partial charge in [0, 0.05) is 24.5 Å². The highest BCUT2D eigenvalue weighted by Crippen LogP contribution is 2.30. The standard InChI is InChI=1S/C13H14N2O/c1-16-13-3-2-10(9-14)8-12(13)11-4-6-15-7-5-11/h2-8H,9,14H2,1H3. The molecule has 2 rings (SSSR count). The molecule has 0 fully saturated rings. The fourth-order valence-corrected chi connectivity index (χ4v) is 1.64. The van der Waals surface area contributed by atoms with Crippen LogP contribution in [0, 0.1) is 0 Å². The molecule has 1 aromatic carbocycles. The third kappa shape index (κ3) is 2.04. The summed E-state index contributed by atoms with van der Waals surface area (Å²) in [5.74, 6) is 0.850. The van der Waals surface area contributed by atoms with Gasteiger partial charge < -0.3 is 10.5 Å². The molecule has 2 aromatic rings. The van der Waals surface area contributed by atoms with Crippen LogP contribution in [0.4, 0.5) is 0 Å². The van der Waals surface area contributed by atoms with Crippen LogP contribution in [0.15, 0.2) is 42.7 Å². The largest absolute Gasteiger partial charge is 0.496 e. The van der Waals surface area contributed by atoms with Gasteiger partial charge in [0.2, 0.25) is 0 Å². The lowest BCUT2D eigenvalue weighted by atomic mass is 10.0. The highest BCUT2D eigenvalue weighted by Gasteiger charge is 2.05. The van der Waals surface area contributed by atoms with Crippen LogP contribution >= 0.6 is 0 Å². The van der Waals surface area contributed by atoms with Crippen molar-refractivity contribution in [2.75, 3.05) is 7.11 Å². The van der Waals surface area contributed by atoms with Gasteiger partial charge in [0.25, 0.3) is 0 Å². The van der Waals surface area contributed by atoms with Gasteiger partial charge in [0.15, 0.2) is 0 Å². The van der Waals surface area contributed by atoms with Gasteiger partial charge in [0.05, 0.1) is 7.11 Å². The predicted molar refractivity (Wildman–Crippen MR) is 64.1 cm³/mol. The molecule has 2 N–H and O–H groups in total. The van der Waals surface area contributed by atoms with E-state index in [1.165, 1.54) is 0 Å². The molecule has 0 unspecified atom stereocenters. The minimum absolute atomic E-state index is 0.530. The molecule has 0 amide bonds. The second kappa shape index (κ2) is 4.77. The Balaban J connectivity index is 2.53. The van der Waals surface area contributed by atoms with Crippen LogP contribution in [0.5, 0.6) is 5.75 Å². The van der Waals surface area contributed by atoms with Crippen molar-refractivity contribution in [3.05, 3.63) is 48.3 Å². The highest BCUT2D eigenvalue weighted by atomic mass is 16.5. The van der Waals surface area contributed by atoms with Gasteiger partial charge >= 0.3 is 0 Å². The molecule has 0 atom stereocenters. The zero-order valence-corrected chi connectivity index (χ0v) is 9.18. The fourth-order valence-electron chi connectivity index (χ4n) is 1.64. The molecular weight excluding hydrogens is 200 g/mol. The third-order valence-electron chi connectivity index (χ3n) is 2.49. The molecule has 16 heavy (non-hydrogen) atoms. The number of hydrogen-bond donors (Lipinski definition) is 1. The van der Waals surface area contributed by atoms with Gasteiger partial charge in [-0.25, -0.2) is 0 Å². The average Bonchev–Trinajstić information content (AvgIpc) is 2.39. The van der Waals surface area contributed by atoms with Crippen molar-refractivity contribution in [3.8, 4) is 16.9 Å². The second-order valence-electron chi connectivity index (χ2n) is 3.47. The number of hydrogen-bond acceptors (Lipinski definition) is 3. The number of benzene rings is 1. The van der Waals surface area contributed by atoms with Gasteiger partial charge in [0.1, 0.15) is 5.75 Å². The molecule has 0 bridgehead atoms. The van der Waals surface area contributed by atoms with E-state index in [1.807, 2.05) is 30.3 Å². The molecule has 1 heterocycles. The fraction of sp³-hybridized carbons (Fsp3) is 0.154. The molecule has 0 aliphatic rings. The minimum atomic E-state index is 0.530. The van der Waals surface area contributed by atoms with Gasteiger partial charge in [-0.15, -0.1) is 0 Å². The Morgan fingerprint density at radius 2 is 1.94 bits per heavy atom. The Morgan fingerprint density at radius 3 is 2.56 bits per heavy atom. The summed E-state index contributed by atoms with van der Waals surface area (Å²) in [7, 11) is 1.67. The molecule has 0 aliphatic heterocycles. The molecule has 3 nitrogen and oxygen atoms in total. The van der Waals surface area contributed by atoms with Crippen molar-refractivity contribution in [2.45, 2.75) is 6.54 Å². The van der Waals surface area contributed by atoms with Gasteiger partial charge in [-0.2, -0.15) is 0 Å².